The van der Waals surface area contributed by atoms with Crippen LogP contribution in [0.4, 0.5) is 0 Å². The molecule has 11 heavy (non-hydrogen) atoms. The number of thioether (sulfide) groups is 1. The zero-order chi connectivity index (χ0) is 8.27. The number of nitrogens with zero attached hydrogens (tertiary/aromatic N) is 1. The number of aryl methyl sites for hydroxylation is 1. The fourth-order valence-corrected chi connectivity index (χ4v) is 2.07. The highest BCUT2D eigenvalue weighted by Gasteiger charge is 1.99. The molecule has 4 heteroatoms. The molecule has 1 aromatic heterocycles. The zero-order valence-electron chi connectivity index (χ0n) is 6.46. The first-order chi connectivity index (χ1) is 5.18. The van der Waals surface area contributed by atoms with Crippen LogP contribution < -0.4 is 0 Å². The van der Waals surface area contributed by atoms with Crippen LogP contribution in [0.1, 0.15) is 16.8 Å². The third-order valence-electron chi connectivity index (χ3n) is 1.09. The van der Waals surface area contributed by atoms with Crippen molar-refractivity contribution in [1.29, 1.82) is 0 Å². The van der Waals surface area contributed by atoms with E-state index in [1.807, 2.05) is 13.1 Å². The molecule has 0 N–H and O–H groups in total. The van der Waals surface area contributed by atoms with Crippen LogP contribution in [0.3, 0.4) is 0 Å². The molecule has 0 aliphatic carbocycles. The Bertz CT molecular complexity index is 257. The lowest BCUT2D eigenvalue weighted by atomic mass is 10.6. The van der Waals surface area contributed by atoms with Gasteiger partial charge in [-0.05, 0) is 6.92 Å². The predicted octanol–water partition coefficient (Wildman–Crippen LogP) is 2.23. The first-order valence-electron chi connectivity index (χ1n) is 3.23. The Hall–Kier alpha value is -0.350. The summed E-state index contributed by atoms with van der Waals surface area (Å²) in [5.41, 5.74) is 0. The van der Waals surface area contributed by atoms with E-state index in [1.165, 1.54) is 16.6 Å². The summed E-state index contributed by atoms with van der Waals surface area (Å²) in [7, 11) is 0. The van der Waals surface area contributed by atoms with Crippen molar-refractivity contribution in [2.24, 2.45) is 0 Å². The van der Waals surface area contributed by atoms with Gasteiger partial charge in [-0.2, -0.15) is 0 Å². The van der Waals surface area contributed by atoms with E-state index in [2.05, 4.69) is 4.98 Å². The average molecular weight is 187 g/mol. The lowest BCUT2D eigenvalue weighted by Crippen LogP contribution is -1.81. The van der Waals surface area contributed by atoms with Crippen molar-refractivity contribution in [1.82, 2.24) is 4.98 Å². The molecule has 1 aromatic rings. The Labute approximate surface area is 74.0 Å². The van der Waals surface area contributed by atoms with Crippen LogP contribution >= 0.6 is 23.1 Å². The van der Waals surface area contributed by atoms with Gasteiger partial charge in [0, 0.05) is 23.8 Å². The van der Waals surface area contributed by atoms with Gasteiger partial charge in [-0.15, -0.1) is 11.3 Å². The lowest BCUT2D eigenvalue weighted by Gasteiger charge is -1.89. The van der Waals surface area contributed by atoms with Gasteiger partial charge in [0.1, 0.15) is 0 Å². The second-order valence-corrected chi connectivity index (χ2v) is 4.60. The molecule has 0 spiro atoms. The number of hydrogen-bond donors (Lipinski definition) is 0. The van der Waals surface area contributed by atoms with Crippen LogP contribution in [-0.2, 0) is 10.5 Å². The summed E-state index contributed by atoms with van der Waals surface area (Å²) in [5.74, 6) is 0.765. The Morgan fingerprint density at radius 3 is 3.00 bits per heavy atom. The second-order valence-electron chi connectivity index (χ2n) is 2.13. The molecule has 0 saturated carbocycles. The summed E-state index contributed by atoms with van der Waals surface area (Å²) in [4.78, 5) is 15.8. The van der Waals surface area contributed by atoms with E-state index in [0.717, 1.165) is 10.8 Å². The van der Waals surface area contributed by atoms with Crippen molar-refractivity contribution in [3.05, 3.63) is 16.1 Å². The SMILES string of the molecule is CC(=O)SCc1cnc(C)s1. The van der Waals surface area contributed by atoms with E-state index >= 15 is 0 Å². The topological polar surface area (TPSA) is 30.0 Å². The average Bonchev–Trinajstić information content (AvgIpc) is 2.31. The van der Waals surface area contributed by atoms with Crippen LogP contribution in [-0.4, -0.2) is 10.1 Å². The van der Waals surface area contributed by atoms with Crippen LogP contribution in [0.5, 0.6) is 0 Å². The molecule has 0 fully saturated rings. The molecule has 0 aromatic carbocycles. The maximum atomic E-state index is 10.6. The van der Waals surface area contributed by atoms with E-state index in [-0.39, 0.29) is 5.12 Å². The molecule has 1 heterocycles. The molecule has 0 saturated heterocycles. The van der Waals surface area contributed by atoms with Gasteiger partial charge < -0.3 is 0 Å². The summed E-state index contributed by atoms with van der Waals surface area (Å²) < 4.78 is 0. The van der Waals surface area contributed by atoms with E-state index in [0.29, 0.717) is 0 Å². The summed E-state index contributed by atoms with van der Waals surface area (Å²) in [6.07, 6.45) is 1.83. The normalized spacial score (nSPS) is 10.0. The molecule has 0 bridgehead atoms. The van der Waals surface area contributed by atoms with Gasteiger partial charge in [-0.3, -0.25) is 4.79 Å². The van der Waals surface area contributed by atoms with Crippen molar-refractivity contribution in [3.63, 3.8) is 0 Å². The smallest absolute Gasteiger partial charge is 0.186 e. The summed E-state index contributed by atoms with van der Waals surface area (Å²) in [6, 6.07) is 0. The monoisotopic (exact) mass is 187 g/mol. The standard InChI is InChI=1S/C7H9NOS2/c1-5-8-3-7(11-5)4-10-6(2)9/h3H,4H2,1-2H3. The van der Waals surface area contributed by atoms with Gasteiger partial charge >= 0.3 is 0 Å². The number of carbonyl (C=O) groups excluding carboxylic acids is 1. The Morgan fingerprint density at radius 1 is 1.82 bits per heavy atom. The molecule has 2 nitrogen and oxygen atoms in total. The molecule has 0 atom stereocenters. The fraction of sp³-hybridized carbons (Fsp3) is 0.429. The van der Waals surface area contributed by atoms with Crippen molar-refractivity contribution in [3.8, 4) is 0 Å². The summed E-state index contributed by atoms with van der Waals surface area (Å²) in [5, 5.41) is 1.22. The lowest BCUT2D eigenvalue weighted by molar-refractivity contribution is -0.109. The fourth-order valence-electron chi connectivity index (χ4n) is 0.645. The van der Waals surface area contributed by atoms with Crippen molar-refractivity contribution in [2.75, 3.05) is 0 Å². The van der Waals surface area contributed by atoms with Gasteiger partial charge in [0.05, 0.1) is 5.01 Å². The minimum atomic E-state index is 0.163. The van der Waals surface area contributed by atoms with E-state index in [4.69, 9.17) is 0 Å². The zero-order valence-corrected chi connectivity index (χ0v) is 8.09. The van der Waals surface area contributed by atoms with Gasteiger partial charge in [-0.1, -0.05) is 11.8 Å². The third-order valence-corrected chi connectivity index (χ3v) is 3.04. The van der Waals surface area contributed by atoms with Crippen LogP contribution in [0, 0.1) is 6.92 Å². The molecule has 1 rings (SSSR count). The number of aromatic nitrogens is 1. The summed E-state index contributed by atoms with van der Waals surface area (Å²) in [6.45, 7) is 3.55. The van der Waals surface area contributed by atoms with Crippen molar-refractivity contribution in [2.45, 2.75) is 19.6 Å². The predicted molar refractivity (Wildman–Crippen MR) is 48.8 cm³/mol. The van der Waals surface area contributed by atoms with Gasteiger partial charge in [0.15, 0.2) is 5.12 Å². The van der Waals surface area contributed by atoms with Crippen LogP contribution in [0.15, 0.2) is 6.20 Å². The molecule has 0 aliphatic heterocycles. The van der Waals surface area contributed by atoms with E-state index in [9.17, 15) is 4.79 Å². The minimum Gasteiger partial charge on any atom is -0.288 e. The Kier molecular flexibility index (Phi) is 3.08. The number of carbonyl (C=O) groups is 1. The van der Waals surface area contributed by atoms with Crippen LogP contribution in [0.25, 0.3) is 0 Å². The Balaban J connectivity index is 2.45. The number of hydrogen-bond acceptors (Lipinski definition) is 4. The first-order valence-corrected chi connectivity index (χ1v) is 5.03. The largest absolute Gasteiger partial charge is 0.288 e. The third kappa shape index (κ3) is 3.03. The highest BCUT2D eigenvalue weighted by atomic mass is 32.2. The van der Waals surface area contributed by atoms with Crippen molar-refractivity contribution < 1.29 is 4.79 Å². The van der Waals surface area contributed by atoms with Crippen LogP contribution in [0.2, 0.25) is 0 Å². The maximum absolute atomic E-state index is 10.6. The van der Waals surface area contributed by atoms with E-state index in [1.54, 1.807) is 18.3 Å². The molecular weight excluding hydrogens is 178 g/mol. The van der Waals surface area contributed by atoms with Gasteiger partial charge in [0.2, 0.25) is 0 Å². The van der Waals surface area contributed by atoms with Gasteiger partial charge in [0.25, 0.3) is 0 Å². The summed E-state index contributed by atoms with van der Waals surface area (Å²) >= 11 is 2.97. The highest BCUT2D eigenvalue weighted by molar-refractivity contribution is 8.12. The molecule has 0 radical (unpaired) electrons. The van der Waals surface area contributed by atoms with Gasteiger partial charge in [-0.25, -0.2) is 4.98 Å². The minimum absolute atomic E-state index is 0.163. The second kappa shape index (κ2) is 3.88. The molecular formula is C7H9NOS2. The molecule has 0 amide bonds. The molecule has 0 aliphatic rings. The molecule has 0 unspecified atom stereocenters. The van der Waals surface area contributed by atoms with Crippen molar-refractivity contribution >= 4 is 28.2 Å². The molecule has 60 valence electrons. The first kappa shape index (κ1) is 8.74. The quantitative estimate of drug-likeness (QED) is 0.711. The van der Waals surface area contributed by atoms with E-state index < -0.39 is 0 Å². The Morgan fingerprint density at radius 2 is 2.55 bits per heavy atom. The number of thiazole rings is 1. The number of rotatable bonds is 2. The highest BCUT2D eigenvalue weighted by Crippen LogP contribution is 2.18. The maximum Gasteiger partial charge on any atom is 0.186 e.